The van der Waals surface area contributed by atoms with Crippen LogP contribution in [0.25, 0.3) is 22.6 Å². The second-order valence-corrected chi connectivity index (χ2v) is 4.98. The molecule has 0 fully saturated rings. The maximum atomic E-state index is 5.98. The van der Waals surface area contributed by atoms with Crippen molar-refractivity contribution in [3.63, 3.8) is 0 Å². The van der Waals surface area contributed by atoms with Crippen molar-refractivity contribution in [3.8, 4) is 11.5 Å². The Bertz CT molecular complexity index is 779. The summed E-state index contributed by atoms with van der Waals surface area (Å²) in [7, 11) is 0. The van der Waals surface area contributed by atoms with Crippen LogP contribution in [-0.4, -0.2) is 11.5 Å². The van der Waals surface area contributed by atoms with Gasteiger partial charge in [-0.05, 0) is 0 Å². The number of hydrogen-bond donors (Lipinski definition) is 1. The summed E-state index contributed by atoms with van der Waals surface area (Å²) in [5, 5.41) is 3.32. The van der Waals surface area contributed by atoms with Crippen LogP contribution in [0.2, 0.25) is 0 Å². The Morgan fingerprint density at radius 2 is 2.11 bits per heavy atom. The second kappa shape index (κ2) is 4.78. The van der Waals surface area contributed by atoms with Gasteiger partial charge in [-0.1, -0.05) is 0 Å². The summed E-state index contributed by atoms with van der Waals surface area (Å²) in [6.45, 7) is 4.99. The maximum absolute atomic E-state index is 5.98. The fourth-order valence-corrected chi connectivity index (χ4v) is 2.38. The van der Waals surface area contributed by atoms with Crippen molar-refractivity contribution < 1.29 is 19.4 Å². The minimum atomic E-state index is 0.744. The first kappa shape index (κ1) is 12.4. The molecule has 0 bridgehead atoms. The zero-order valence-corrected chi connectivity index (χ0v) is 11.8. The fraction of sp³-hybridized carbons (Fsp3) is 0.200. The van der Waals surface area contributed by atoms with Gasteiger partial charge >= 0.3 is 118 Å². The molecule has 100 valence electrons. The van der Waals surface area contributed by atoms with Gasteiger partial charge in [0.25, 0.3) is 0 Å². The van der Waals surface area contributed by atoms with E-state index in [-0.39, 0.29) is 0 Å². The summed E-state index contributed by atoms with van der Waals surface area (Å²) in [6.07, 6.45) is 0. The Hall–Kier alpha value is -1.67. The molecule has 0 radical (unpaired) electrons. The molecule has 1 aliphatic heterocycles. The van der Waals surface area contributed by atoms with Crippen molar-refractivity contribution in [2.24, 2.45) is 0 Å². The molecule has 1 N–H and O–H groups in total. The van der Waals surface area contributed by atoms with Gasteiger partial charge in [0.1, 0.15) is 0 Å². The summed E-state index contributed by atoms with van der Waals surface area (Å²) in [6, 6.07) is 9.68. The van der Waals surface area contributed by atoms with Crippen LogP contribution in [0.15, 0.2) is 34.7 Å². The monoisotopic (exact) mass is 296 g/mol. The van der Waals surface area contributed by atoms with E-state index in [2.05, 4.69) is 17.2 Å². The van der Waals surface area contributed by atoms with E-state index in [1.54, 1.807) is 0 Å². The molecule has 0 atom stereocenters. The van der Waals surface area contributed by atoms with Gasteiger partial charge in [0.2, 0.25) is 0 Å². The number of benzene rings is 2. The van der Waals surface area contributed by atoms with Crippen LogP contribution in [0.3, 0.4) is 0 Å². The first-order chi connectivity index (χ1) is 9.19. The quantitative estimate of drug-likeness (QED) is 0.578. The fourth-order valence-electron chi connectivity index (χ4n) is 2.16. The topological polar surface area (TPSA) is 38.1 Å². The van der Waals surface area contributed by atoms with Crippen molar-refractivity contribution in [3.05, 3.63) is 40.0 Å². The predicted molar refractivity (Wildman–Crippen MR) is 72.8 cm³/mol. The van der Waals surface area contributed by atoms with Gasteiger partial charge in [0.15, 0.2) is 0 Å². The first-order valence-electron chi connectivity index (χ1n) is 6.22. The van der Waals surface area contributed by atoms with E-state index in [0.717, 1.165) is 44.5 Å². The number of aromatic nitrogens is 1. The summed E-state index contributed by atoms with van der Waals surface area (Å²) in [5.41, 5.74) is 4.68. The number of anilines is 1. The van der Waals surface area contributed by atoms with Crippen molar-refractivity contribution in [1.29, 1.82) is 0 Å². The molecule has 3 rings (SSSR count). The molecule has 0 amide bonds. The van der Waals surface area contributed by atoms with Crippen molar-refractivity contribution in [2.45, 2.75) is 13.8 Å². The van der Waals surface area contributed by atoms with Gasteiger partial charge in [-0.15, -0.1) is 0 Å². The molecule has 0 aromatic heterocycles. The average molecular weight is 297 g/mol. The SMILES string of the molecule is CCNc1ccc2nc3cc[c](=[Ni])cc-3oc2c1C. The molecule has 1 heterocycles. The van der Waals surface area contributed by atoms with E-state index >= 15 is 0 Å². The summed E-state index contributed by atoms with van der Waals surface area (Å²) < 4.78 is 6.79. The van der Waals surface area contributed by atoms with Gasteiger partial charge < -0.3 is 0 Å². The average Bonchev–Trinajstić information content (AvgIpc) is 2.41. The number of nitrogens with zero attached hydrogens (tertiary/aromatic N) is 1. The number of fused-ring (bicyclic) bond motifs is 2. The van der Waals surface area contributed by atoms with Gasteiger partial charge in [-0.2, -0.15) is 0 Å². The minimum absolute atomic E-state index is 0.744. The van der Waals surface area contributed by atoms with Crippen LogP contribution in [0.1, 0.15) is 12.5 Å². The third-order valence-corrected chi connectivity index (χ3v) is 3.42. The van der Waals surface area contributed by atoms with Crippen molar-refractivity contribution in [1.82, 2.24) is 4.98 Å². The second-order valence-electron chi connectivity index (χ2n) is 4.41. The van der Waals surface area contributed by atoms with E-state index in [9.17, 15) is 0 Å². The van der Waals surface area contributed by atoms with Crippen LogP contribution in [0, 0.1) is 11.1 Å². The molecule has 0 saturated carbocycles. The molecule has 1 aliphatic carbocycles. The van der Waals surface area contributed by atoms with Crippen LogP contribution in [-0.2, 0) is 15.0 Å². The molecule has 3 nitrogen and oxygen atoms in total. The molecule has 19 heavy (non-hydrogen) atoms. The van der Waals surface area contributed by atoms with E-state index in [1.807, 2.05) is 37.3 Å². The number of aryl methyl sites for hydroxylation is 1. The third-order valence-electron chi connectivity index (χ3n) is 3.11. The van der Waals surface area contributed by atoms with Crippen molar-refractivity contribution in [2.75, 3.05) is 11.9 Å². The van der Waals surface area contributed by atoms with Crippen LogP contribution < -0.4 is 5.32 Å². The van der Waals surface area contributed by atoms with E-state index in [4.69, 9.17) is 19.4 Å². The molecular weight excluding hydrogens is 283 g/mol. The molecule has 1 aromatic carbocycles. The Kier molecular flexibility index (Phi) is 3.11. The van der Waals surface area contributed by atoms with Gasteiger partial charge in [0.05, 0.1) is 0 Å². The Morgan fingerprint density at radius 3 is 2.89 bits per heavy atom. The predicted octanol–water partition coefficient (Wildman–Crippen LogP) is 3.75. The van der Waals surface area contributed by atoms with E-state index in [1.165, 1.54) is 0 Å². The summed E-state index contributed by atoms with van der Waals surface area (Å²) >= 11 is 4.85. The van der Waals surface area contributed by atoms with Gasteiger partial charge in [-0.25, -0.2) is 0 Å². The van der Waals surface area contributed by atoms with Crippen LogP contribution in [0.5, 0.6) is 0 Å². The summed E-state index contributed by atoms with van der Waals surface area (Å²) in [4.78, 5) is 4.62. The van der Waals surface area contributed by atoms with Crippen molar-refractivity contribution >= 4 is 16.8 Å². The Morgan fingerprint density at radius 1 is 1.26 bits per heavy atom. The molecular formula is C15H14N2NiO. The molecule has 4 heteroatoms. The number of nitrogens with one attached hydrogen (secondary N) is 1. The molecule has 2 aliphatic rings. The molecule has 1 aromatic rings. The number of rotatable bonds is 2. The van der Waals surface area contributed by atoms with Gasteiger partial charge in [-0.3, -0.25) is 0 Å². The standard InChI is InChI=1S/C15H14N2O.Ni/c1-3-16-11-8-9-13-15(10(11)2)18-14-7-5-4-6-12(14)17-13;/h4,6-9,16H,3H2,1-2H3;. The summed E-state index contributed by atoms with van der Waals surface area (Å²) in [5.74, 6) is 0.744. The van der Waals surface area contributed by atoms with E-state index < -0.39 is 0 Å². The first-order valence-corrected chi connectivity index (χ1v) is 6.72. The molecule has 0 saturated heterocycles. The van der Waals surface area contributed by atoms with Crippen LogP contribution in [0.4, 0.5) is 5.69 Å². The molecule has 0 spiro atoms. The van der Waals surface area contributed by atoms with E-state index in [0.29, 0.717) is 0 Å². The number of hydrogen-bond acceptors (Lipinski definition) is 3. The third kappa shape index (κ3) is 2.17. The molecule has 0 unspecified atom stereocenters. The normalized spacial score (nSPS) is 11.2. The Balaban J connectivity index is 2.34. The zero-order chi connectivity index (χ0) is 13.4. The Labute approximate surface area is 118 Å². The van der Waals surface area contributed by atoms with Gasteiger partial charge in [0, 0.05) is 0 Å². The zero-order valence-electron chi connectivity index (χ0n) is 10.8. The van der Waals surface area contributed by atoms with Crippen LogP contribution >= 0.6 is 0 Å².